The molecule has 0 bridgehead atoms. The fraction of sp³-hybridized carbons (Fsp3) is 0.217. The van der Waals surface area contributed by atoms with Gasteiger partial charge in [-0.2, -0.15) is 0 Å². The van der Waals surface area contributed by atoms with Crippen LogP contribution in [0.15, 0.2) is 50.5 Å². The number of thioether (sulfide) groups is 1. The number of carbonyl (C=O) groups excluding carboxylic acids is 1. The minimum atomic E-state index is -0.372. The first-order valence-corrected chi connectivity index (χ1v) is 12.3. The lowest BCUT2D eigenvalue weighted by Gasteiger charge is -2.12. The molecule has 32 heavy (non-hydrogen) atoms. The Labute approximate surface area is 197 Å². The molecule has 0 spiro atoms. The zero-order chi connectivity index (χ0) is 22.1. The Morgan fingerprint density at radius 1 is 1.22 bits per heavy atom. The van der Waals surface area contributed by atoms with Gasteiger partial charge in [0.1, 0.15) is 9.92 Å². The molecule has 164 valence electrons. The molecule has 1 amide bonds. The van der Waals surface area contributed by atoms with Crippen LogP contribution in [-0.4, -0.2) is 24.1 Å². The predicted molar refractivity (Wildman–Crippen MR) is 128 cm³/mol. The molecule has 2 aromatic carbocycles. The number of hydrogen-bond acceptors (Lipinski definition) is 7. The second-order valence-corrected chi connectivity index (χ2v) is 9.72. The summed E-state index contributed by atoms with van der Waals surface area (Å²) in [6.07, 6.45) is 0.784. The van der Waals surface area contributed by atoms with E-state index in [0.29, 0.717) is 46.8 Å². The van der Waals surface area contributed by atoms with Gasteiger partial charge in [0.15, 0.2) is 17.3 Å². The molecule has 1 aliphatic rings. The maximum atomic E-state index is 13.3. The lowest BCUT2D eigenvalue weighted by molar-refractivity contribution is 0.0998. The van der Waals surface area contributed by atoms with Gasteiger partial charge in [0.2, 0.25) is 0 Å². The quantitative estimate of drug-likeness (QED) is 0.322. The van der Waals surface area contributed by atoms with E-state index in [1.807, 2.05) is 36.6 Å². The van der Waals surface area contributed by atoms with Crippen LogP contribution in [0.4, 0.5) is 5.69 Å². The van der Waals surface area contributed by atoms with Crippen molar-refractivity contribution in [3.63, 3.8) is 0 Å². The minimum Gasteiger partial charge on any atom is -0.490 e. The van der Waals surface area contributed by atoms with Gasteiger partial charge in [-0.3, -0.25) is 4.79 Å². The van der Waals surface area contributed by atoms with Crippen molar-refractivity contribution in [2.45, 2.75) is 23.4 Å². The monoisotopic (exact) mass is 486 g/mol. The highest BCUT2D eigenvalue weighted by Gasteiger charge is 2.23. The number of ether oxygens (including phenoxy) is 2. The van der Waals surface area contributed by atoms with Crippen LogP contribution in [0.5, 0.6) is 11.5 Å². The minimum absolute atomic E-state index is 0.259. The van der Waals surface area contributed by atoms with E-state index in [1.165, 1.54) is 0 Å². The Balaban J connectivity index is 1.45. The van der Waals surface area contributed by atoms with Crippen molar-refractivity contribution in [3.05, 3.63) is 63.8 Å². The second-order valence-electron chi connectivity index (χ2n) is 7.23. The van der Waals surface area contributed by atoms with E-state index in [9.17, 15) is 4.79 Å². The van der Waals surface area contributed by atoms with Gasteiger partial charge in [-0.05, 0) is 13.0 Å². The number of benzene rings is 2. The number of nitrogens with one attached hydrogen (secondary N) is 1. The number of aryl methyl sites for hydroxylation is 1. The summed E-state index contributed by atoms with van der Waals surface area (Å²) in [4.78, 5) is 17.8. The van der Waals surface area contributed by atoms with Crippen molar-refractivity contribution in [2.75, 3.05) is 18.5 Å². The highest BCUT2D eigenvalue weighted by Crippen LogP contribution is 2.39. The molecule has 2 aromatic heterocycles. The zero-order valence-corrected chi connectivity index (χ0v) is 19.5. The molecule has 0 saturated heterocycles. The van der Waals surface area contributed by atoms with Crippen molar-refractivity contribution >= 4 is 57.3 Å². The number of rotatable bonds is 5. The van der Waals surface area contributed by atoms with Crippen LogP contribution in [0.2, 0.25) is 5.02 Å². The van der Waals surface area contributed by atoms with Gasteiger partial charge in [-0.25, -0.2) is 4.98 Å². The van der Waals surface area contributed by atoms with Crippen molar-refractivity contribution in [1.82, 2.24) is 4.98 Å². The SMILES string of the molecule is Cc1csc(SCc2c(C(=O)Nc3cc4c(cc3Cl)OCCCO4)oc3ccccc23)n1. The van der Waals surface area contributed by atoms with Crippen molar-refractivity contribution in [1.29, 1.82) is 0 Å². The average molecular weight is 487 g/mol. The highest BCUT2D eigenvalue weighted by molar-refractivity contribution is 8.00. The maximum Gasteiger partial charge on any atom is 0.291 e. The van der Waals surface area contributed by atoms with Gasteiger partial charge in [0.25, 0.3) is 5.91 Å². The van der Waals surface area contributed by atoms with Gasteiger partial charge in [0.05, 0.1) is 23.9 Å². The molecule has 0 saturated carbocycles. The number of fused-ring (bicyclic) bond motifs is 2. The highest BCUT2D eigenvalue weighted by atomic mass is 35.5. The summed E-state index contributed by atoms with van der Waals surface area (Å²) in [6, 6.07) is 11.0. The molecule has 3 heterocycles. The summed E-state index contributed by atoms with van der Waals surface area (Å²) in [5, 5.41) is 6.16. The lowest BCUT2D eigenvalue weighted by atomic mass is 10.1. The number of anilines is 1. The number of thiazole rings is 1. The molecule has 5 rings (SSSR count). The van der Waals surface area contributed by atoms with Crippen LogP contribution in [0.25, 0.3) is 11.0 Å². The number of furan rings is 1. The molecule has 0 aliphatic carbocycles. The number of nitrogens with zero attached hydrogens (tertiary/aromatic N) is 1. The summed E-state index contributed by atoms with van der Waals surface area (Å²) in [7, 11) is 0. The van der Waals surface area contributed by atoms with E-state index in [1.54, 1.807) is 35.2 Å². The number of halogens is 1. The summed E-state index contributed by atoms with van der Waals surface area (Å²) in [5.41, 5.74) is 2.90. The molecular formula is C23H19ClN2O4S2. The van der Waals surface area contributed by atoms with Crippen LogP contribution >= 0.6 is 34.7 Å². The van der Waals surface area contributed by atoms with E-state index in [2.05, 4.69) is 10.3 Å². The van der Waals surface area contributed by atoms with Gasteiger partial charge in [-0.15, -0.1) is 11.3 Å². The Morgan fingerprint density at radius 2 is 2.00 bits per heavy atom. The van der Waals surface area contributed by atoms with Gasteiger partial charge < -0.3 is 19.2 Å². The molecule has 1 aliphatic heterocycles. The standard InChI is InChI=1S/C23H19ClN2O4S2/c1-13-11-31-23(25-13)32-12-15-14-5-2-3-6-18(14)30-21(15)22(27)26-17-10-20-19(9-16(17)24)28-7-4-8-29-20/h2-3,5-6,9-11H,4,7-8,12H2,1H3,(H,26,27). The van der Waals surface area contributed by atoms with E-state index in [0.717, 1.165) is 27.4 Å². The number of aromatic nitrogens is 1. The third-order valence-corrected chi connectivity index (χ3v) is 7.41. The van der Waals surface area contributed by atoms with Crippen LogP contribution < -0.4 is 14.8 Å². The van der Waals surface area contributed by atoms with Gasteiger partial charge in [-0.1, -0.05) is 41.6 Å². The zero-order valence-electron chi connectivity index (χ0n) is 17.1. The first-order chi connectivity index (χ1) is 15.6. The van der Waals surface area contributed by atoms with Crippen LogP contribution in [0.1, 0.15) is 28.2 Å². The molecule has 0 unspecified atom stereocenters. The van der Waals surface area contributed by atoms with Crippen LogP contribution in [0, 0.1) is 6.92 Å². The lowest BCUT2D eigenvalue weighted by Crippen LogP contribution is -2.13. The number of carbonyl (C=O) groups is 1. The van der Waals surface area contributed by atoms with Crippen LogP contribution in [-0.2, 0) is 5.75 Å². The Kier molecular flexibility index (Phi) is 5.99. The van der Waals surface area contributed by atoms with Gasteiger partial charge in [0, 0.05) is 46.3 Å². The maximum absolute atomic E-state index is 13.3. The summed E-state index contributed by atoms with van der Waals surface area (Å²) < 4.78 is 18.3. The third-order valence-electron chi connectivity index (χ3n) is 4.93. The van der Waals surface area contributed by atoms with E-state index in [4.69, 9.17) is 25.5 Å². The largest absolute Gasteiger partial charge is 0.490 e. The smallest absolute Gasteiger partial charge is 0.291 e. The first-order valence-electron chi connectivity index (χ1n) is 10.0. The normalized spacial score (nSPS) is 13.2. The van der Waals surface area contributed by atoms with E-state index >= 15 is 0 Å². The van der Waals surface area contributed by atoms with E-state index < -0.39 is 0 Å². The predicted octanol–water partition coefficient (Wildman–Crippen LogP) is 6.56. The Morgan fingerprint density at radius 3 is 2.78 bits per heavy atom. The molecular weight excluding hydrogens is 468 g/mol. The Bertz CT molecular complexity index is 1300. The number of para-hydroxylation sites is 1. The first kappa shape index (κ1) is 21.2. The van der Waals surface area contributed by atoms with E-state index in [-0.39, 0.29) is 11.7 Å². The Hall–Kier alpha value is -2.68. The topological polar surface area (TPSA) is 73.6 Å². The van der Waals surface area contributed by atoms with Gasteiger partial charge >= 0.3 is 0 Å². The fourth-order valence-corrected chi connectivity index (χ4v) is 5.49. The molecule has 0 fully saturated rings. The van der Waals surface area contributed by atoms with Crippen molar-refractivity contribution < 1.29 is 18.7 Å². The molecule has 0 radical (unpaired) electrons. The second kappa shape index (κ2) is 9.05. The molecule has 1 N–H and O–H groups in total. The number of hydrogen-bond donors (Lipinski definition) is 1. The van der Waals surface area contributed by atoms with Crippen LogP contribution in [0.3, 0.4) is 0 Å². The van der Waals surface area contributed by atoms with Crippen molar-refractivity contribution in [2.24, 2.45) is 0 Å². The number of amides is 1. The molecule has 9 heteroatoms. The van der Waals surface area contributed by atoms with Crippen molar-refractivity contribution in [3.8, 4) is 11.5 Å². The molecule has 6 nitrogen and oxygen atoms in total. The summed E-state index contributed by atoms with van der Waals surface area (Å²) >= 11 is 9.58. The summed E-state index contributed by atoms with van der Waals surface area (Å²) in [6.45, 7) is 3.07. The summed E-state index contributed by atoms with van der Waals surface area (Å²) in [5.74, 6) is 1.58. The molecule has 4 aromatic rings. The average Bonchev–Trinajstić information content (AvgIpc) is 3.29. The molecule has 0 atom stereocenters. The fourth-order valence-electron chi connectivity index (χ4n) is 3.42. The third kappa shape index (κ3) is 4.30.